The third-order valence-electron chi connectivity index (χ3n) is 4.58. The number of hydrogen-bond acceptors (Lipinski definition) is 4. The number of rotatable bonds is 8. The van der Waals surface area contributed by atoms with Gasteiger partial charge in [-0.2, -0.15) is 0 Å². The van der Waals surface area contributed by atoms with E-state index in [1.165, 1.54) is 22.3 Å². The zero-order chi connectivity index (χ0) is 17.0. The molecule has 5 heteroatoms. The second-order valence-corrected chi connectivity index (χ2v) is 8.94. The van der Waals surface area contributed by atoms with Crippen LogP contribution in [0.15, 0.2) is 42.5 Å². The van der Waals surface area contributed by atoms with Gasteiger partial charge < -0.3 is 18.6 Å². The minimum Gasteiger partial charge on any atom is -0.377 e. The van der Waals surface area contributed by atoms with Crippen LogP contribution in [0.2, 0.25) is 6.04 Å². The van der Waals surface area contributed by atoms with E-state index in [9.17, 15) is 0 Å². The van der Waals surface area contributed by atoms with Gasteiger partial charge in [0, 0.05) is 32.4 Å². The van der Waals surface area contributed by atoms with Crippen LogP contribution >= 0.6 is 0 Å². The quantitative estimate of drug-likeness (QED) is 0.489. The fourth-order valence-corrected chi connectivity index (χ4v) is 5.19. The minimum absolute atomic E-state index is 0.390. The van der Waals surface area contributed by atoms with Gasteiger partial charge in [-0.1, -0.05) is 49.7 Å². The number of benzene rings is 2. The van der Waals surface area contributed by atoms with Gasteiger partial charge in [0.2, 0.25) is 0 Å². The standard InChI is InChI=1S/C19H25NO3Si/c1-4-12-24(21-2,22-3)23-14-20-19-11-7-10-17-16-9-6-5-8-15(16)13-18(17)19/h5-11,20H,4,12-14H2,1-3H3. The Balaban J connectivity index is 1.72. The van der Waals surface area contributed by atoms with E-state index in [1.54, 1.807) is 14.2 Å². The van der Waals surface area contributed by atoms with Crippen molar-refractivity contribution in [3.05, 3.63) is 53.6 Å². The van der Waals surface area contributed by atoms with Crippen molar-refractivity contribution in [2.45, 2.75) is 25.8 Å². The first-order valence-corrected chi connectivity index (χ1v) is 10.3. The third-order valence-corrected chi connectivity index (χ3v) is 7.52. The first-order valence-electron chi connectivity index (χ1n) is 8.41. The highest BCUT2D eigenvalue weighted by molar-refractivity contribution is 6.60. The summed E-state index contributed by atoms with van der Waals surface area (Å²) in [5.74, 6) is 0. The molecule has 0 unspecified atom stereocenters. The fourth-order valence-electron chi connectivity index (χ4n) is 3.33. The van der Waals surface area contributed by atoms with Crippen molar-refractivity contribution in [1.29, 1.82) is 0 Å². The second kappa shape index (κ2) is 7.48. The summed E-state index contributed by atoms with van der Waals surface area (Å²) < 4.78 is 17.1. The lowest BCUT2D eigenvalue weighted by atomic mass is 10.1. The summed E-state index contributed by atoms with van der Waals surface area (Å²) in [6.45, 7) is 2.50. The Labute approximate surface area is 145 Å². The summed E-state index contributed by atoms with van der Waals surface area (Å²) in [5.41, 5.74) is 6.48. The average molecular weight is 343 g/mol. The molecule has 0 fully saturated rings. The van der Waals surface area contributed by atoms with E-state index in [2.05, 4.69) is 54.7 Å². The number of anilines is 1. The summed E-state index contributed by atoms with van der Waals surface area (Å²) in [7, 11) is 0.789. The van der Waals surface area contributed by atoms with Crippen LogP contribution < -0.4 is 5.32 Å². The molecule has 0 bridgehead atoms. The predicted octanol–water partition coefficient (Wildman–Crippen LogP) is 4.29. The largest absolute Gasteiger partial charge is 0.501 e. The first-order chi connectivity index (χ1) is 11.7. The third kappa shape index (κ3) is 3.25. The molecule has 1 aliphatic rings. The molecule has 0 saturated heterocycles. The molecule has 128 valence electrons. The SMILES string of the molecule is CCC[Si](OC)(OC)OCNc1cccc2c1Cc1ccccc1-2. The second-order valence-electron chi connectivity index (χ2n) is 5.97. The van der Waals surface area contributed by atoms with Crippen LogP contribution in [0.3, 0.4) is 0 Å². The predicted molar refractivity (Wildman–Crippen MR) is 99.1 cm³/mol. The van der Waals surface area contributed by atoms with Crippen LogP contribution in [0.1, 0.15) is 24.5 Å². The smallest absolute Gasteiger partial charge is 0.377 e. The highest BCUT2D eigenvalue weighted by Crippen LogP contribution is 2.39. The maximum absolute atomic E-state index is 5.99. The number of hydrogen-bond donors (Lipinski definition) is 1. The molecule has 0 spiro atoms. The normalized spacial score (nSPS) is 12.8. The zero-order valence-corrected chi connectivity index (χ0v) is 15.6. The van der Waals surface area contributed by atoms with Gasteiger partial charge in [0.1, 0.15) is 6.73 Å². The summed E-state index contributed by atoms with van der Waals surface area (Å²) in [6.07, 6.45) is 1.94. The molecule has 0 aromatic heterocycles. The van der Waals surface area contributed by atoms with Gasteiger partial charge in [-0.15, -0.1) is 0 Å². The van der Waals surface area contributed by atoms with Crippen molar-refractivity contribution in [3.8, 4) is 11.1 Å². The van der Waals surface area contributed by atoms with Crippen molar-refractivity contribution >= 4 is 14.5 Å². The lowest BCUT2D eigenvalue weighted by Crippen LogP contribution is -2.44. The topological polar surface area (TPSA) is 39.7 Å². The number of fused-ring (bicyclic) bond motifs is 3. The van der Waals surface area contributed by atoms with Gasteiger partial charge in [0.15, 0.2) is 0 Å². The molecule has 0 heterocycles. The van der Waals surface area contributed by atoms with Crippen LogP contribution in [0.5, 0.6) is 0 Å². The molecule has 24 heavy (non-hydrogen) atoms. The monoisotopic (exact) mass is 343 g/mol. The van der Waals surface area contributed by atoms with Crippen molar-refractivity contribution < 1.29 is 13.3 Å². The van der Waals surface area contributed by atoms with Gasteiger partial charge in [-0.3, -0.25) is 0 Å². The zero-order valence-electron chi connectivity index (χ0n) is 14.6. The van der Waals surface area contributed by atoms with E-state index in [1.807, 2.05) is 0 Å². The lowest BCUT2D eigenvalue weighted by molar-refractivity contribution is 0.106. The Morgan fingerprint density at radius 1 is 1.00 bits per heavy atom. The van der Waals surface area contributed by atoms with Crippen LogP contribution in [-0.4, -0.2) is 29.8 Å². The van der Waals surface area contributed by atoms with Gasteiger partial charge in [-0.05, 0) is 28.3 Å². The maximum atomic E-state index is 5.99. The molecule has 0 saturated carbocycles. The van der Waals surface area contributed by atoms with E-state index in [-0.39, 0.29) is 0 Å². The van der Waals surface area contributed by atoms with Gasteiger partial charge >= 0.3 is 8.80 Å². The van der Waals surface area contributed by atoms with Crippen molar-refractivity contribution in [3.63, 3.8) is 0 Å². The van der Waals surface area contributed by atoms with E-state index < -0.39 is 8.80 Å². The lowest BCUT2D eigenvalue weighted by Gasteiger charge is -2.26. The average Bonchev–Trinajstić information content (AvgIpc) is 3.00. The molecule has 0 aliphatic heterocycles. The molecule has 3 rings (SSSR count). The molecule has 1 aliphatic carbocycles. The van der Waals surface area contributed by atoms with E-state index in [0.29, 0.717) is 6.73 Å². The summed E-state index contributed by atoms with van der Waals surface area (Å²) in [4.78, 5) is 0. The van der Waals surface area contributed by atoms with E-state index >= 15 is 0 Å². The van der Waals surface area contributed by atoms with E-state index in [4.69, 9.17) is 13.3 Å². The van der Waals surface area contributed by atoms with E-state index in [0.717, 1.165) is 24.6 Å². The first kappa shape index (κ1) is 17.2. The molecule has 0 amide bonds. The molecule has 2 aromatic carbocycles. The molecule has 1 N–H and O–H groups in total. The summed E-state index contributed by atoms with van der Waals surface area (Å²) in [5, 5.41) is 3.41. The van der Waals surface area contributed by atoms with Crippen molar-refractivity contribution in [1.82, 2.24) is 0 Å². The van der Waals surface area contributed by atoms with Crippen LogP contribution in [-0.2, 0) is 19.7 Å². The molecular formula is C19H25NO3Si. The Kier molecular flexibility index (Phi) is 5.35. The van der Waals surface area contributed by atoms with Crippen LogP contribution in [0.4, 0.5) is 5.69 Å². The maximum Gasteiger partial charge on any atom is 0.501 e. The van der Waals surface area contributed by atoms with Crippen LogP contribution in [0.25, 0.3) is 11.1 Å². The van der Waals surface area contributed by atoms with Crippen LogP contribution in [0, 0.1) is 0 Å². The molecule has 4 nitrogen and oxygen atoms in total. The summed E-state index contributed by atoms with van der Waals surface area (Å²) in [6, 6.07) is 15.8. The molecule has 2 aromatic rings. The Bertz CT molecular complexity index is 701. The molecular weight excluding hydrogens is 318 g/mol. The minimum atomic E-state index is -2.55. The Morgan fingerprint density at radius 3 is 2.50 bits per heavy atom. The van der Waals surface area contributed by atoms with Gasteiger partial charge in [0.05, 0.1) is 0 Å². The fraction of sp³-hybridized carbons (Fsp3) is 0.368. The molecule has 0 radical (unpaired) electrons. The summed E-state index contributed by atoms with van der Waals surface area (Å²) >= 11 is 0. The van der Waals surface area contributed by atoms with Crippen molar-refractivity contribution in [2.75, 3.05) is 26.3 Å². The van der Waals surface area contributed by atoms with Gasteiger partial charge in [0.25, 0.3) is 0 Å². The highest BCUT2D eigenvalue weighted by Gasteiger charge is 2.37. The Hall–Kier alpha value is -1.66. The van der Waals surface area contributed by atoms with Gasteiger partial charge in [-0.25, -0.2) is 0 Å². The Morgan fingerprint density at radius 2 is 1.75 bits per heavy atom. The molecule has 0 atom stereocenters. The highest BCUT2D eigenvalue weighted by atomic mass is 28.4. The number of nitrogens with one attached hydrogen (secondary N) is 1. The van der Waals surface area contributed by atoms with Crippen molar-refractivity contribution in [2.24, 2.45) is 0 Å².